The molecular weight excluding hydrogens is 282 g/mol. The smallest absolute Gasteiger partial charge is 0.188 e. The first-order valence-electron chi connectivity index (χ1n) is 7.04. The van der Waals surface area contributed by atoms with Crippen molar-refractivity contribution in [3.8, 4) is 11.5 Å². The summed E-state index contributed by atoms with van der Waals surface area (Å²) >= 11 is 0. The van der Waals surface area contributed by atoms with Gasteiger partial charge < -0.3 is 14.2 Å². The Kier molecular flexibility index (Phi) is 5.91. The molecule has 0 aliphatic carbocycles. The summed E-state index contributed by atoms with van der Waals surface area (Å²) in [7, 11) is 1.54. The molecule has 0 unspecified atom stereocenters. The van der Waals surface area contributed by atoms with Gasteiger partial charge in [-0.25, -0.2) is 0 Å². The van der Waals surface area contributed by atoms with Crippen molar-refractivity contribution in [2.24, 2.45) is 0 Å². The average molecular weight is 301 g/mol. The van der Waals surface area contributed by atoms with Crippen LogP contribution >= 0.6 is 0 Å². The van der Waals surface area contributed by atoms with Crippen LogP contribution in [-0.4, -0.2) is 25.2 Å². The number of methoxy groups -OCH3 is 1. The normalized spacial score (nSPS) is 10.3. The van der Waals surface area contributed by atoms with Crippen molar-refractivity contribution in [1.82, 2.24) is 4.98 Å². The van der Waals surface area contributed by atoms with Gasteiger partial charge in [0.1, 0.15) is 12.9 Å². The predicted molar refractivity (Wildman–Crippen MR) is 82.3 cm³/mol. The summed E-state index contributed by atoms with van der Waals surface area (Å²) in [6.07, 6.45) is 3.55. The van der Waals surface area contributed by atoms with E-state index in [0.29, 0.717) is 23.7 Å². The molecule has 1 heterocycles. The maximum absolute atomic E-state index is 10.9. The molecular formula is C17H19NO4. The van der Waals surface area contributed by atoms with Crippen LogP contribution in [0, 0.1) is 0 Å². The summed E-state index contributed by atoms with van der Waals surface area (Å²) in [5.74, 6) is 1.01. The van der Waals surface area contributed by atoms with Crippen molar-refractivity contribution in [3.05, 3.63) is 53.3 Å². The predicted octanol–water partition coefficient (Wildman–Crippen LogP) is 3.02. The molecule has 0 aliphatic rings. The molecule has 0 atom stereocenters. The molecule has 22 heavy (non-hydrogen) atoms. The van der Waals surface area contributed by atoms with E-state index < -0.39 is 0 Å². The van der Waals surface area contributed by atoms with Crippen molar-refractivity contribution in [2.75, 3.05) is 13.9 Å². The Balaban J connectivity index is 2.10. The van der Waals surface area contributed by atoms with Gasteiger partial charge in [-0.15, -0.1) is 0 Å². The van der Waals surface area contributed by atoms with Gasteiger partial charge in [0.15, 0.2) is 18.3 Å². The Morgan fingerprint density at radius 1 is 1.14 bits per heavy atom. The first-order valence-corrected chi connectivity index (χ1v) is 7.04. The summed E-state index contributed by atoms with van der Waals surface area (Å²) in [5, 5.41) is 0. The van der Waals surface area contributed by atoms with Crippen molar-refractivity contribution in [3.63, 3.8) is 0 Å². The van der Waals surface area contributed by atoms with Gasteiger partial charge in [-0.3, -0.25) is 9.78 Å². The molecule has 0 aliphatic heterocycles. The van der Waals surface area contributed by atoms with Gasteiger partial charge in [0.05, 0.1) is 5.69 Å². The number of nitrogens with zero attached hydrogens (tertiary/aromatic N) is 1. The third kappa shape index (κ3) is 4.30. The van der Waals surface area contributed by atoms with E-state index in [4.69, 9.17) is 14.2 Å². The van der Waals surface area contributed by atoms with Gasteiger partial charge in [0, 0.05) is 18.9 Å². The summed E-state index contributed by atoms with van der Waals surface area (Å²) in [5.41, 5.74) is 2.51. The van der Waals surface area contributed by atoms with E-state index in [0.717, 1.165) is 18.4 Å². The van der Waals surface area contributed by atoms with Crippen LogP contribution in [0.3, 0.4) is 0 Å². The third-order valence-electron chi connectivity index (χ3n) is 3.11. The van der Waals surface area contributed by atoms with Gasteiger partial charge >= 0.3 is 0 Å². The quantitative estimate of drug-likeness (QED) is 0.554. The van der Waals surface area contributed by atoms with Crippen molar-refractivity contribution in [1.29, 1.82) is 0 Å². The highest BCUT2D eigenvalue weighted by Crippen LogP contribution is 2.28. The minimum atomic E-state index is 0.111. The molecule has 1 aromatic carbocycles. The molecule has 1 aromatic heterocycles. The van der Waals surface area contributed by atoms with E-state index in [1.807, 2.05) is 18.3 Å². The number of aromatic nitrogens is 1. The van der Waals surface area contributed by atoms with Crippen molar-refractivity contribution >= 4 is 6.29 Å². The van der Waals surface area contributed by atoms with Gasteiger partial charge in [0.2, 0.25) is 0 Å². The van der Waals surface area contributed by atoms with E-state index in [1.165, 1.54) is 5.56 Å². The Labute approximate surface area is 129 Å². The van der Waals surface area contributed by atoms with E-state index in [9.17, 15) is 4.79 Å². The van der Waals surface area contributed by atoms with Crippen LogP contribution in [0.25, 0.3) is 0 Å². The van der Waals surface area contributed by atoms with Crippen molar-refractivity contribution < 1.29 is 19.0 Å². The first-order chi connectivity index (χ1) is 10.8. The average Bonchev–Trinajstić information content (AvgIpc) is 2.58. The number of carbonyl (C=O) groups excluding carboxylic acids is 1. The zero-order chi connectivity index (χ0) is 15.8. The fourth-order valence-electron chi connectivity index (χ4n) is 1.85. The number of carbonyl (C=O) groups is 1. The SMILES string of the molecule is CCc1ccc(COc2cc(C=O)ccc2OCOC)nc1. The number of benzene rings is 1. The largest absolute Gasteiger partial charge is 0.483 e. The minimum absolute atomic E-state index is 0.111. The van der Waals surface area contributed by atoms with E-state index in [1.54, 1.807) is 25.3 Å². The molecule has 0 radical (unpaired) electrons. The topological polar surface area (TPSA) is 57.7 Å². The molecule has 116 valence electrons. The second-order valence-corrected chi connectivity index (χ2v) is 4.67. The fraction of sp³-hybridized carbons (Fsp3) is 0.294. The Bertz CT molecular complexity index is 611. The van der Waals surface area contributed by atoms with Crippen LogP contribution in [0.5, 0.6) is 11.5 Å². The van der Waals surface area contributed by atoms with E-state index in [2.05, 4.69) is 11.9 Å². The summed E-state index contributed by atoms with van der Waals surface area (Å²) in [4.78, 5) is 15.2. The lowest BCUT2D eigenvalue weighted by molar-refractivity contribution is 0.0483. The third-order valence-corrected chi connectivity index (χ3v) is 3.11. The summed E-state index contributed by atoms with van der Waals surface area (Å²) in [6, 6.07) is 8.94. The maximum Gasteiger partial charge on any atom is 0.188 e. The number of aldehydes is 1. The number of pyridine rings is 1. The standard InChI is InChI=1S/C17H19NO4/c1-3-13-4-6-15(18-9-13)11-21-17-8-14(10-19)5-7-16(17)22-12-20-2/h4-10H,3,11-12H2,1-2H3. The lowest BCUT2D eigenvalue weighted by Crippen LogP contribution is -2.04. The van der Waals surface area contributed by atoms with Crippen LogP contribution in [0.1, 0.15) is 28.5 Å². The summed E-state index contributed by atoms with van der Waals surface area (Å²) in [6.45, 7) is 2.49. The van der Waals surface area contributed by atoms with Gasteiger partial charge in [0.25, 0.3) is 0 Å². The minimum Gasteiger partial charge on any atom is -0.483 e. The van der Waals surface area contributed by atoms with Gasteiger partial charge in [-0.2, -0.15) is 0 Å². The molecule has 0 saturated heterocycles. The monoisotopic (exact) mass is 301 g/mol. The van der Waals surface area contributed by atoms with Crippen LogP contribution in [0.4, 0.5) is 0 Å². The van der Waals surface area contributed by atoms with Crippen LogP contribution < -0.4 is 9.47 Å². The lowest BCUT2D eigenvalue weighted by Gasteiger charge is -2.12. The second-order valence-electron chi connectivity index (χ2n) is 4.67. The molecule has 2 aromatic rings. The van der Waals surface area contributed by atoms with E-state index >= 15 is 0 Å². The molecule has 0 amide bonds. The Morgan fingerprint density at radius 3 is 2.64 bits per heavy atom. The number of aryl methyl sites for hydroxylation is 1. The van der Waals surface area contributed by atoms with E-state index in [-0.39, 0.29) is 6.79 Å². The number of ether oxygens (including phenoxy) is 3. The number of hydrogen-bond acceptors (Lipinski definition) is 5. The number of hydrogen-bond donors (Lipinski definition) is 0. The number of rotatable bonds is 8. The molecule has 0 spiro atoms. The Hall–Kier alpha value is -2.40. The van der Waals surface area contributed by atoms with Gasteiger partial charge in [-0.1, -0.05) is 13.0 Å². The zero-order valence-electron chi connectivity index (χ0n) is 12.7. The van der Waals surface area contributed by atoms with Crippen LogP contribution in [0.2, 0.25) is 0 Å². The first kappa shape index (κ1) is 16.0. The highest BCUT2D eigenvalue weighted by Gasteiger charge is 2.08. The fourth-order valence-corrected chi connectivity index (χ4v) is 1.85. The second kappa shape index (κ2) is 8.14. The van der Waals surface area contributed by atoms with Crippen LogP contribution in [-0.2, 0) is 17.8 Å². The van der Waals surface area contributed by atoms with Gasteiger partial charge in [-0.05, 0) is 36.2 Å². The van der Waals surface area contributed by atoms with Crippen LogP contribution in [0.15, 0.2) is 36.5 Å². The Morgan fingerprint density at radius 2 is 2.00 bits per heavy atom. The molecule has 5 nitrogen and oxygen atoms in total. The highest BCUT2D eigenvalue weighted by atomic mass is 16.7. The summed E-state index contributed by atoms with van der Waals surface area (Å²) < 4.78 is 16.0. The molecule has 0 N–H and O–H groups in total. The molecule has 0 fully saturated rings. The van der Waals surface area contributed by atoms with Crippen molar-refractivity contribution in [2.45, 2.75) is 20.0 Å². The molecule has 0 bridgehead atoms. The molecule has 0 saturated carbocycles. The molecule has 5 heteroatoms. The zero-order valence-corrected chi connectivity index (χ0v) is 12.7. The molecule has 2 rings (SSSR count). The highest BCUT2D eigenvalue weighted by molar-refractivity contribution is 5.76. The lowest BCUT2D eigenvalue weighted by atomic mass is 10.2. The maximum atomic E-state index is 10.9.